The van der Waals surface area contributed by atoms with Crippen molar-refractivity contribution in [1.29, 1.82) is 0 Å². The van der Waals surface area contributed by atoms with Crippen LogP contribution >= 0.6 is 0 Å². The quantitative estimate of drug-likeness (QED) is 0.483. The molecule has 1 amide bonds. The SMILES string of the molecule is COc1ccc(CNC(=O)c2nnn(-c3ccccc3C)c2-c2ccncc2)c(OC)c1. The van der Waals surface area contributed by atoms with E-state index in [0.717, 1.165) is 22.4 Å². The summed E-state index contributed by atoms with van der Waals surface area (Å²) in [5, 5.41) is 11.4. The number of methoxy groups -OCH3 is 2. The number of benzene rings is 2. The van der Waals surface area contributed by atoms with Crippen molar-refractivity contribution in [2.45, 2.75) is 13.5 Å². The van der Waals surface area contributed by atoms with E-state index in [-0.39, 0.29) is 18.1 Å². The Morgan fingerprint density at radius 1 is 1.03 bits per heavy atom. The minimum absolute atomic E-state index is 0.229. The number of nitrogens with one attached hydrogen (secondary N) is 1. The van der Waals surface area contributed by atoms with Crippen molar-refractivity contribution in [3.05, 3.63) is 83.8 Å². The Kier molecular flexibility index (Phi) is 6.12. The molecule has 8 heteroatoms. The highest BCUT2D eigenvalue weighted by atomic mass is 16.5. The van der Waals surface area contributed by atoms with Crippen molar-refractivity contribution >= 4 is 5.91 Å². The fourth-order valence-corrected chi connectivity index (χ4v) is 3.43. The van der Waals surface area contributed by atoms with Gasteiger partial charge in [-0.2, -0.15) is 0 Å². The molecule has 0 radical (unpaired) electrons. The van der Waals surface area contributed by atoms with Gasteiger partial charge in [0, 0.05) is 36.1 Å². The molecule has 2 aromatic carbocycles. The largest absolute Gasteiger partial charge is 0.497 e. The van der Waals surface area contributed by atoms with Crippen molar-refractivity contribution in [2.24, 2.45) is 0 Å². The van der Waals surface area contributed by atoms with Crippen LogP contribution in [0.25, 0.3) is 16.9 Å². The van der Waals surface area contributed by atoms with E-state index in [1.807, 2.05) is 55.5 Å². The van der Waals surface area contributed by atoms with E-state index in [2.05, 4.69) is 20.6 Å². The molecule has 2 aromatic heterocycles. The minimum Gasteiger partial charge on any atom is -0.497 e. The second-order valence-corrected chi connectivity index (χ2v) is 7.08. The normalized spacial score (nSPS) is 10.6. The molecule has 0 spiro atoms. The second kappa shape index (κ2) is 9.30. The third-order valence-electron chi connectivity index (χ3n) is 5.12. The van der Waals surface area contributed by atoms with Crippen LogP contribution < -0.4 is 14.8 Å². The third-order valence-corrected chi connectivity index (χ3v) is 5.12. The predicted molar refractivity (Wildman–Crippen MR) is 120 cm³/mol. The molecule has 0 aliphatic carbocycles. The zero-order valence-corrected chi connectivity index (χ0v) is 18.1. The lowest BCUT2D eigenvalue weighted by Gasteiger charge is -2.12. The van der Waals surface area contributed by atoms with Crippen LogP contribution in [-0.2, 0) is 6.54 Å². The molecule has 0 unspecified atom stereocenters. The summed E-state index contributed by atoms with van der Waals surface area (Å²) in [6.45, 7) is 2.25. The first-order chi connectivity index (χ1) is 15.6. The maximum absolute atomic E-state index is 13.2. The second-order valence-electron chi connectivity index (χ2n) is 7.08. The first-order valence-corrected chi connectivity index (χ1v) is 10.0. The number of aromatic nitrogens is 4. The lowest BCUT2D eigenvalue weighted by Crippen LogP contribution is -2.24. The van der Waals surface area contributed by atoms with Crippen LogP contribution in [0.15, 0.2) is 67.0 Å². The summed E-state index contributed by atoms with van der Waals surface area (Å²) in [5.74, 6) is 0.968. The van der Waals surface area contributed by atoms with Gasteiger partial charge < -0.3 is 14.8 Å². The van der Waals surface area contributed by atoms with Gasteiger partial charge in [0.15, 0.2) is 5.69 Å². The Hall–Kier alpha value is -4.20. The summed E-state index contributed by atoms with van der Waals surface area (Å²) >= 11 is 0. The van der Waals surface area contributed by atoms with E-state index < -0.39 is 0 Å². The Bertz CT molecular complexity index is 1240. The number of para-hydroxylation sites is 1. The number of hydrogen-bond acceptors (Lipinski definition) is 6. The number of nitrogens with zero attached hydrogens (tertiary/aromatic N) is 4. The number of pyridine rings is 1. The van der Waals surface area contributed by atoms with E-state index in [1.54, 1.807) is 37.4 Å². The molecule has 0 aliphatic rings. The summed E-state index contributed by atoms with van der Waals surface area (Å²) < 4.78 is 12.3. The molecule has 0 saturated carbocycles. The van der Waals surface area contributed by atoms with Gasteiger partial charge in [0.2, 0.25) is 0 Å². The maximum Gasteiger partial charge on any atom is 0.274 e. The molecule has 0 bridgehead atoms. The molecular formula is C24H23N5O3. The van der Waals surface area contributed by atoms with Gasteiger partial charge >= 0.3 is 0 Å². The highest BCUT2D eigenvalue weighted by molar-refractivity contribution is 5.98. The van der Waals surface area contributed by atoms with Crippen LogP contribution in [0.4, 0.5) is 0 Å². The van der Waals surface area contributed by atoms with E-state index in [1.165, 1.54) is 0 Å². The summed E-state index contributed by atoms with van der Waals surface area (Å²) in [6.07, 6.45) is 3.35. The molecule has 0 aliphatic heterocycles. The van der Waals surface area contributed by atoms with Crippen molar-refractivity contribution in [3.63, 3.8) is 0 Å². The highest BCUT2D eigenvalue weighted by Gasteiger charge is 2.23. The van der Waals surface area contributed by atoms with Crippen LogP contribution in [-0.4, -0.2) is 40.1 Å². The molecule has 4 rings (SSSR count). The van der Waals surface area contributed by atoms with Gasteiger partial charge in [-0.3, -0.25) is 9.78 Å². The molecule has 0 fully saturated rings. The number of hydrogen-bond donors (Lipinski definition) is 1. The lowest BCUT2D eigenvalue weighted by molar-refractivity contribution is 0.0946. The van der Waals surface area contributed by atoms with Crippen LogP contribution in [0.3, 0.4) is 0 Å². The average molecular weight is 429 g/mol. The summed E-state index contributed by atoms with van der Waals surface area (Å²) in [5.41, 5.74) is 4.30. The van der Waals surface area contributed by atoms with E-state index in [9.17, 15) is 4.79 Å². The van der Waals surface area contributed by atoms with E-state index in [4.69, 9.17) is 9.47 Å². The van der Waals surface area contributed by atoms with Gasteiger partial charge in [0.1, 0.15) is 17.2 Å². The average Bonchev–Trinajstić information content (AvgIpc) is 3.28. The first kappa shape index (κ1) is 21.0. The number of amides is 1. The van der Waals surface area contributed by atoms with Crippen LogP contribution in [0.1, 0.15) is 21.6 Å². The number of rotatable bonds is 7. The van der Waals surface area contributed by atoms with Crippen LogP contribution in [0.5, 0.6) is 11.5 Å². The van der Waals surface area contributed by atoms with Gasteiger partial charge in [-0.15, -0.1) is 5.10 Å². The van der Waals surface area contributed by atoms with Crippen molar-refractivity contribution in [3.8, 4) is 28.4 Å². The lowest BCUT2D eigenvalue weighted by atomic mass is 10.1. The molecule has 162 valence electrons. The smallest absolute Gasteiger partial charge is 0.274 e. The van der Waals surface area contributed by atoms with Gasteiger partial charge in [-0.05, 0) is 42.8 Å². The van der Waals surface area contributed by atoms with Crippen molar-refractivity contribution < 1.29 is 14.3 Å². The fourth-order valence-electron chi connectivity index (χ4n) is 3.43. The van der Waals surface area contributed by atoms with Crippen molar-refractivity contribution in [1.82, 2.24) is 25.3 Å². The standard InChI is InChI=1S/C24H23N5O3/c1-16-6-4-5-7-20(16)29-23(17-10-12-25-13-11-17)22(27-28-29)24(30)26-15-18-8-9-19(31-2)14-21(18)32-3/h4-14H,15H2,1-3H3,(H,26,30). The Labute approximate surface area is 185 Å². The van der Waals surface area contributed by atoms with E-state index >= 15 is 0 Å². The van der Waals surface area contributed by atoms with Crippen LogP contribution in [0, 0.1) is 6.92 Å². The predicted octanol–water partition coefficient (Wildman–Crippen LogP) is 3.58. The maximum atomic E-state index is 13.2. The van der Waals surface area contributed by atoms with Gasteiger partial charge in [-0.1, -0.05) is 23.4 Å². The monoisotopic (exact) mass is 429 g/mol. The van der Waals surface area contributed by atoms with E-state index in [0.29, 0.717) is 17.2 Å². The topological polar surface area (TPSA) is 91.2 Å². The Balaban J connectivity index is 1.68. The first-order valence-electron chi connectivity index (χ1n) is 10.0. The Morgan fingerprint density at radius 2 is 1.81 bits per heavy atom. The zero-order valence-electron chi connectivity index (χ0n) is 18.1. The summed E-state index contributed by atoms with van der Waals surface area (Å²) in [6, 6.07) is 16.9. The molecule has 2 heterocycles. The molecule has 32 heavy (non-hydrogen) atoms. The van der Waals surface area contributed by atoms with Gasteiger partial charge in [-0.25, -0.2) is 4.68 Å². The molecule has 0 atom stereocenters. The minimum atomic E-state index is -0.338. The van der Waals surface area contributed by atoms with Crippen LogP contribution in [0.2, 0.25) is 0 Å². The third kappa shape index (κ3) is 4.15. The molecule has 0 saturated heterocycles. The molecular weight excluding hydrogens is 406 g/mol. The highest BCUT2D eigenvalue weighted by Crippen LogP contribution is 2.27. The van der Waals surface area contributed by atoms with Gasteiger partial charge in [0.25, 0.3) is 5.91 Å². The van der Waals surface area contributed by atoms with Crippen molar-refractivity contribution in [2.75, 3.05) is 14.2 Å². The number of carbonyl (C=O) groups excluding carboxylic acids is 1. The molecule has 1 N–H and O–H groups in total. The Morgan fingerprint density at radius 3 is 2.53 bits per heavy atom. The molecule has 8 nitrogen and oxygen atoms in total. The summed E-state index contributed by atoms with van der Waals surface area (Å²) in [4.78, 5) is 17.2. The number of carbonyl (C=O) groups is 1. The number of ether oxygens (including phenoxy) is 2. The fraction of sp³-hybridized carbons (Fsp3) is 0.167. The molecule has 4 aromatic rings. The zero-order chi connectivity index (χ0) is 22.5. The van der Waals surface area contributed by atoms with Gasteiger partial charge in [0.05, 0.1) is 19.9 Å². The summed E-state index contributed by atoms with van der Waals surface area (Å²) in [7, 11) is 3.17. The number of aryl methyl sites for hydroxylation is 1.